The van der Waals surface area contributed by atoms with Gasteiger partial charge in [0.05, 0.1) is 19.3 Å². The van der Waals surface area contributed by atoms with E-state index in [0.717, 1.165) is 49.4 Å². The molecule has 2 atom stereocenters. The lowest BCUT2D eigenvalue weighted by atomic mass is 10.1. The van der Waals surface area contributed by atoms with Crippen molar-refractivity contribution in [1.82, 2.24) is 4.90 Å². The second-order valence-corrected chi connectivity index (χ2v) is 6.77. The third kappa shape index (κ3) is 3.42. The number of anilines is 1. The average molecular weight is 355 g/mol. The number of morpholine rings is 1. The first-order valence-corrected chi connectivity index (χ1v) is 8.48. The quantitative estimate of drug-likeness (QED) is 0.904. The van der Waals surface area contributed by atoms with Gasteiger partial charge in [0.1, 0.15) is 0 Å². The summed E-state index contributed by atoms with van der Waals surface area (Å²) in [6.07, 6.45) is 0.781. The molecule has 0 aromatic heterocycles. The van der Waals surface area contributed by atoms with Crippen molar-refractivity contribution in [2.24, 2.45) is 0 Å². The zero-order valence-corrected chi connectivity index (χ0v) is 14.1. The van der Waals surface area contributed by atoms with Crippen LogP contribution in [0.4, 0.5) is 5.69 Å². The van der Waals surface area contributed by atoms with Gasteiger partial charge >= 0.3 is 0 Å². The molecule has 2 saturated heterocycles. The standard InChI is InChI=1S/C16H23BrN2O2/c1-12(20)15-3-2-13(10-16(15)17)19-5-4-14(11-19)18-6-8-21-9-7-18/h2-3,10,12,14,20H,4-9,11H2,1H3. The van der Waals surface area contributed by atoms with Crippen LogP contribution in [0.2, 0.25) is 0 Å². The molecule has 2 aliphatic heterocycles. The first-order valence-electron chi connectivity index (χ1n) is 7.69. The van der Waals surface area contributed by atoms with Crippen molar-refractivity contribution in [1.29, 1.82) is 0 Å². The molecule has 3 rings (SSSR count). The zero-order valence-electron chi connectivity index (χ0n) is 12.5. The molecule has 2 unspecified atom stereocenters. The Balaban J connectivity index is 1.67. The highest BCUT2D eigenvalue weighted by Crippen LogP contribution is 2.30. The third-order valence-electron chi connectivity index (χ3n) is 4.52. The first-order chi connectivity index (χ1) is 10.1. The number of hydrogen-bond donors (Lipinski definition) is 1. The van der Waals surface area contributed by atoms with Gasteiger partial charge in [-0.1, -0.05) is 22.0 Å². The average Bonchev–Trinajstić information content (AvgIpc) is 2.97. The van der Waals surface area contributed by atoms with E-state index < -0.39 is 6.10 Å². The van der Waals surface area contributed by atoms with E-state index in [1.54, 1.807) is 6.92 Å². The maximum Gasteiger partial charge on any atom is 0.0772 e. The molecule has 0 amide bonds. The minimum Gasteiger partial charge on any atom is -0.389 e. The predicted octanol–water partition coefficient (Wildman–Crippen LogP) is 2.41. The molecule has 1 aromatic rings. The molecule has 1 N–H and O–H groups in total. The predicted molar refractivity (Wildman–Crippen MR) is 87.8 cm³/mol. The lowest BCUT2D eigenvalue weighted by Crippen LogP contribution is -2.44. The monoisotopic (exact) mass is 354 g/mol. The van der Waals surface area contributed by atoms with Gasteiger partial charge in [-0.15, -0.1) is 0 Å². The molecule has 0 radical (unpaired) electrons. The molecule has 2 aliphatic rings. The summed E-state index contributed by atoms with van der Waals surface area (Å²) in [5, 5.41) is 9.71. The molecule has 2 fully saturated rings. The smallest absolute Gasteiger partial charge is 0.0772 e. The molecular weight excluding hydrogens is 332 g/mol. The Bertz CT molecular complexity index is 489. The topological polar surface area (TPSA) is 35.9 Å². The highest BCUT2D eigenvalue weighted by atomic mass is 79.9. The van der Waals surface area contributed by atoms with Crippen LogP contribution in [0.15, 0.2) is 22.7 Å². The van der Waals surface area contributed by atoms with E-state index in [1.165, 1.54) is 12.1 Å². The lowest BCUT2D eigenvalue weighted by Gasteiger charge is -2.32. The molecule has 5 heteroatoms. The number of aliphatic hydroxyl groups excluding tert-OH is 1. The summed E-state index contributed by atoms with van der Waals surface area (Å²) in [6.45, 7) is 7.83. The maximum absolute atomic E-state index is 9.71. The van der Waals surface area contributed by atoms with E-state index in [9.17, 15) is 5.11 Å². The van der Waals surface area contributed by atoms with Crippen LogP contribution in [-0.2, 0) is 4.74 Å². The van der Waals surface area contributed by atoms with Crippen LogP contribution in [0.25, 0.3) is 0 Å². The van der Waals surface area contributed by atoms with Gasteiger partial charge in [0.25, 0.3) is 0 Å². The van der Waals surface area contributed by atoms with Crippen LogP contribution in [-0.4, -0.2) is 55.4 Å². The molecule has 2 heterocycles. The fourth-order valence-corrected chi connectivity index (χ4v) is 3.97. The van der Waals surface area contributed by atoms with Crippen LogP contribution in [0, 0.1) is 0 Å². The third-order valence-corrected chi connectivity index (χ3v) is 5.21. The van der Waals surface area contributed by atoms with Crippen molar-refractivity contribution >= 4 is 21.6 Å². The maximum atomic E-state index is 9.71. The molecule has 21 heavy (non-hydrogen) atoms. The second-order valence-electron chi connectivity index (χ2n) is 5.92. The second kappa shape index (κ2) is 6.65. The van der Waals surface area contributed by atoms with E-state index in [2.05, 4.69) is 37.9 Å². The van der Waals surface area contributed by atoms with Gasteiger partial charge in [0.2, 0.25) is 0 Å². The summed E-state index contributed by atoms with van der Waals surface area (Å²) in [5.74, 6) is 0. The zero-order chi connectivity index (χ0) is 14.8. The molecule has 0 spiro atoms. The molecular formula is C16H23BrN2O2. The Hall–Kier alpha value is -0.620. The number of ether oxygens (including phenoxy) is 1. The summed E-state index contributed by atoms with van der Waals surface area (Å²) in [6, 6.07) is 6.91. The van der Waals surface area contributed by atoms with Crippen molar-refractivity contribution in [3.8, 4) is 0 Å². The molecule has 0 saturated carbocycles. The Labute approximate surface area is 134 Å². The van der Waals surface area contributed by atoms with Gasteiger partial charge in [-0.2, -0.15) is 0 Å². The van der Waals surface area contributed by atoms with Crippen LogP contribution in [0.1, 0.15) is 25.0 Å². The number of nitrogens with zero attached hydrogens (tertiary/aromatic N) is 2. The Morgan fingerprint density at radius 3 is 2.71 bits per heavy atom. The van der Waals surface area contributed by atoms with Crippen LogP contribution in [0.3, 0.4) is 0 Å². The lowest BCUT2D eigenvalue weighted by molar-refractivity contribution is 0.0209. The van der Waals surface area contributed by atoms with Gasteiger partial charge in [0, 0.05) is 42.4 Å². The summed E-state index contributed by atoms with van der Waals surface area (Å²) in [7, 11) is 0. The van der Waals surface area contributed by atoms with E-state index in [4.69, 9.17) is 4.74 Å². The van der Waals surface area contributed by atoms with Crippen LogP contribution < -0.4 is 4.90 Å². The van der Waals surface area contributed by atoms with Gasteiger partial charge in [-0.05, 0) is 31.0 Å². The fraction of sp³-hybridized carbons (Fsp3) is 0.625. The van der Waals surface area contributed by atoms with E-state index in [1.807, 2.05) is 6.07 Å². The van der Waals surface area contributed by atoms with E-state index in [-0.39, 0.29) is 0 Å². The molecule has 0 bridgehead atoms. The van der Waals surface area contributed by atoms with Crippen molar-refractivity contribution < 1.29 is 9.84 Å². The minimum atomic E-state index is -0.437. The summed E-state index contributed by atoms with van der Waals surface area (Å²) in [4.78, 5) is 5.00. The molecule has 1 aromatic carbocycles. The molecule has 0 aliphatic carbocycles. The highest BCUT2D eigenvalue weighted by Gasteiger charge is 2.29. The summed E-state index contributed by atoms with van der Waals surface area (Å²) >= 11 is 3.57. The number of rotatable bonds is 3. The van der Waals surface area contributed by atoms with Gasteiger partial charge in [-0.3, -0.25) is 4.90 Å². The van der Waals surface area contributed by atoms with Crippen LogP contribution in [0.5, 0.6) is 0 Å². The van der Waals surface area contributed by atoms with Gasteiger partial charge in [-0.25, -0.2) is 0 Å². The SMILES string of the molecule is CC(O)c1ccc(N2CCC(N3CCOCC3)C2)cc1Br. The summed E-state index contributed by atoms with van der Waals surface area (Å²) < 4.78 is 6.43. The number of benzene rings is 1. The van der Waals surface area contributed by atoms with Gasteiger partial charge in [0.15, 0.2) is 0 Å². The number of halogens is 1. The largest absolute Gasteiger partial charge is 0.389 e. The van der Waals surface area contributed by atoms with E-state index >= 15 is 0 Å². The highest BCUT2D eigenvalue weighted by molar-refractivity contribution is 9.10. The van der Waals surface area contributed by atoms with Gasteiger partial charge < -0.3 is 14.7 Å². The van der Waals surface area contributed by atoms with Crippen molar-refractivity contribution in [2.45, 2.75) is 25.5 Å². The van der Waals surface area contributed by atoms with Crippen molar-refractivity contribution in [3.63, 3.8) is 0 Å². The Morgan fingerprint density at radius 2 is 2.05 bits per heavy atom. The minimum absolute atomic E-state index is 0.437. The number of hydrogen-bond acceptors (Lipinski definition) is 4. The van der Waals surface area contributed by atoms with Crippen molar-refractivity contribution in [2.75, 3.05) is 44.3 Å². The summed E-state index contributed by atoms with van der Waals surface area (Å²) in [5.41, 5.74) is 2.18. The Morgan fingerprint density at radius 1 is 1.29 bits per heavy atom. The normalized spacial score (nSPS) is 25.3. The molecule has 4 nitrogen and oxygen atoms in total. The first kappa shape index (κ1) is 15.3. The van der Waals surface area contributed by atoms with E-state index in [0.29, 0.717) is 6.04 Å². The fourth-order valence-electron chi connectivity index (χ4n) is 3.27. The number of aliphatic hydroxyl groups is 1. The van der Waals surface area contributed by atoms with Crippen molar-refractivity contribution in [3.05, 3.63) is 28.2 Å². The molecule has 116 valence electrons. The van der Waals surface area contributed by atoms with Crippen LogP contribution >= 0.6 is 15.9 Å². The Kier molecular flexibility index (Phi) is 4.84.